The van der Waals surface area contributed by atoms with Crippen molar-refractivity contribution >= 4 is 10.0 Å². The minimum Gasteiger partial charge on any atom is -0.300 e. The number of hydrogen-bond donors (Lipinski definition) is 1. The summed E-state index contributed by atoms with van der Waals surface area (Å²) >= 11 is 0. The lowest BCUT2D eigenvalue weighted by Crippen LogP contribution is -2.12. The number of allylic oxidation sites excluding steroid dienone is 3. The van der Waals surface area contributed by atoms with Crippen molar-refractivity contribution in [2.75, 3.05) is 0 Å². The van der Waals surface area contributed by atoms with Crippen molar-refractivity contribution in [3.8, 4) is 5.69 Å². The zero-order chi connectivity index (χ0) is 22.3. The summed E-state index contributed by atoms with van der Waals surface area (Å²) in [5, 5.41) is 5.05. The number of imidazole rings is 1. The second kappa shape index (κ2) is 14.6. The van der Waals surface area contributed by atoms with E-state index in [0.717, 1.165) is 0 Å². The maximum atomic E-state index is 13.5. The second-order valence-electron chi connectivity index (χ2n) is 5.05. The first-order valence-electron chi connectivity index (χ1n) is 8.46. The minimum absolute atomic E-state index is 0.00916. The van der Waals surface area contributed by atoms with E-state index in [1.807, 2.05) is 46.8 Å². The molecule has 2 N–H and O–H groups in total. The molecule has 5 nitrogen and oxygen atoms in total. The molecule has 0 aliphatic carbocycles. The molecule has 2 aromatic rings. The fourth-order valence-corrected chi connectivity index (χ4v) is 2.58. The molecule has 0 radical (unpaired) electrons. The quantitative estimate of drug-likeness (QED) is 0.674. The molecule has 0 bridgehead atoms. The van der Waals surface area contributed by atoms with Gasteiger partial charge in [-0.1, -0.05) is 39.0 Å². The SMILES string of the molecule is C/C=C/C(C)c1nc(F)cn1-c1ccc(S(N)(=O)=O)cc1.C=CC.CC.FF. The van der Waals surface area contributed by atoms with E-state index in [9.17, 15) is 12.8 Å². The van der Waals surface area contributed by atoms with Crippen LogP contribution in [0.3, 0.4) is 0 Å². The van der Waals surface area contributed by atoms with Gasteiger partial charge in [0.05, 0.1) is 11.1 Å². The van der Waals surface area contributed by atoms with Gasteiger partial charge in [0.25, 0.3) is 0 Å². The van der Waals surface area contributed by atoms with Crippen LogP contribution in [0.2, 0.25) is 0 Å². The molecule has 9 heteroatoms. The zero-order valence-electron chi connectivity index (χ0n) is 16.7. The number of halogens is 3. The summed E-state index contributed by atoms with van der Waals surface area (Å²) in [6.07, 6.45) is 6.78. The Hall–Kier alpha value is -2.39. The Morgan fingerprint density at radius 3 is 2.04 bits per heavy atom. The molecule has 1 aromatic carbocycles. The van der Waals surface area contributed by atoms with Crippen molar-refractivity contribution in [3.63, 3.8) is 0 Å². The van der Waals surface area contributed by atoms with E-state index in [1.165, 1.54) is 18.3 Å². The van der Waals surface area contributed by atoms with E-state index in [0.29, 0.717) is 11.5 Å². The van der Waals surface area contributed by atoms with Crippen LogP contribution < -0.4 is 5.14 Å². The summed E-state index contributed by atoms with van der Waals surface area (Å²) in [4.78, 5) is 3.89. The predicted octanol–water partition coefficient (Wildman–Crippen LogP) is 5.40. The molecule has 28 heavy (non-hydrogen) atoms. The van der Waals surface area contributed by atoms with Crippen molar-refractivity contribution in [2.45, 2.75) is 45.4 Å². The maximum absolute atomic E-state index is 13.5. The smallest absolute Gasteiger partial charge is 0.238 e. The van der Waals surface area contributed by atoms with E-state index in [1.54, 1.807) is 22.8 Å². The molecular weight excluding hydrogens is 391 g/mol. The van der Waals surface area contributed by atoms with Crippen LogP contribution in [0, 0.1) is 5.95 Å². The van der Waals surface area contributed by atoms with Gasteiger partial charge in [0, 0.05) is 20.8 Å². The lowest BCUT2D eigenvalue weighted by atomic mass is 10.1. The van der Waals surface area contributed by atoms with Crippen LogP contribution in [-0.2, 0) is 10.0 Å². The van der Waals surface area contributed by atoms with Gasteiger partial charge in [-0.25, -0.2) is 18.5 Å². The molecule has 1 unspecified atom stereocenters. The number of primary sulfonamides is 1. The highest BCUT2D eigenvalue weighted by Gasteiger charge is 2.15. The highest BCUT2D eigenvalue weighted by molar-refractivity contribution is 7.89. The van der Waals surface area contributed by atoms with E-state index in [-0.39, 0.29) is 10.8 Å². The molecule has 0 aliphatic heterocycles. The molecule has 0 saturated carbocycles. The van der Waals surface area contributed by atoms with Crippen molar-refractivity contribution in [1.29, 1.82) is 0 Å². The Labute approximate surface area is 165 Å². The Morgan fingerprint density at radius 1 is 1.18 bits per heavy atom. The molecule has 0 saturated heterocycles. The normalized spacial score (nSPS) is 11.2. The van der Waals surface area contributed by atoms with Crippen molar-refractivity contribution in [1.82, 2.24) is 9.55 Å². The largest absolute Gasteiger partial charge is 0.300 e. The van der Waals surface area contributed by atoms with Crippen LogP contribution in [0.5, 0.6) is 0 Å². The topological polar surface area (TPSA) is 78.0 Å². The number of rotatable bonds is 4. The number of nitrogens with zero attached hydrogens (tertiary/aromatic N) is 2. The number of benzene rings is 1. The van der Waals surface area contributed by atoms with Crippen molar-refractivity contribution < 1.29 is 22.0 Å². The van der Waals surface area contributed by atoms with Crippen molar-refractivity contribution in [3.05, 3.63) is 67.0 Å². The van der Waals surface area contributed by atoms with Gasteiger partial charge >= 0.3 is 0 Å². The molecule has 2 rings (SSSR count). The highest BCUT2D eigenvalue weighted by Crippen LogP contribution is 2.21. The van der Waals surface area contributed by atoms with E-state index < -0.39 is 16.0 Å². The number of hydrogen-bond acceptors (Lipinski definition) is 3. The molecule has 1 heterocycles. The van der Waals surface area contributed by atoms with Gasteiger partial charge in [-0.15, -0.1) is 6.58 Å². The van der Waals surface area contributed by atoms with E-state index in [4.69, 9.17) is 14.3 Å². The summed E-state index contributed by atoms with van der Waals surface area (Å²) in [7, 11) is -3.74. The maximum Gasteiger partial charge on any atom is 0.238 e. The monoisotopic (exact) mass is 419 g/mol. The Bertz CT molecular complexity index is 817. The number of sulfonamides is 1. The van der Waals surface area contributed by atoms with E-state index in [2.05, 4.69) is 11.6 Å². The van der Waals surface area contributed by atoms with Crippen LogP contribution >= 0.6 is 0 Å². The van der Waals surface area contributed by atoms with Gasteiger partial charge in [0.15, 0.2) is 0 Å². The highest BCUT2D eigenvalue weighted by atomic mass is 32.2. The van der Waals surface area contributed by atoms with Gasteiger partial charge in [-0.3, -0.25) is 0 Å². The van der Waals surface area contributed by atoms with Crippen LogP contribution in [0.15, 0.2) is 60.2 Å². The lowest BCUT2D eigenvalue weighted by molar-refractivity contribution is 0.108. The van der Waals surface area contributed by atoms with Gasteiger partial charge in [0.2, 0.25) is 16.0 Å². The number of nitrogens with two attached hydrogens (primary N) is 1. The van der Waals surface area contributed by atoms with Crippen LogP contribution in [0.25, 0.3) is 5.69 Å². The fraction of sp³-hybridized carbons (Fsp3) is 0.316. The zero-order valence-corrected chi connectivity index (χ0v) is 17.6. The molecular formula is C19H28F3N3O2S. The average Bonchev–Trinajstić information content (AvgIpc) is 3.07. The first-order chi connectivity index (χ1) is 13.2. The number of aromatic nitrogens is 2. The molecule has 0 fully saturated rings. The minimum atomic E-state index is -3.74. The molecule has 0 spiro atoms. The van der Waals surface area contributed by atoms with Crippen molar-refractivity contribution in [2.24, 2.45) is 5.14 Å². The lowest BCUT2D eigenvalue weighted by Gasteiger charge is -2.11. The first-order valence-corrected chi connectivity index (χ1v) is 10.0. The Kier molecular flexibility index (Phi) is 14.5. The van der Waals surface area contributed by atoms with Gasteiger partial charge in [-0.2, -0.15) is 4.39 Å². The molecule has 0 amide bonds. The third-order valence-electron chi connectivity index (χ3n) is 3.04. The van der Waals surface area contributed by atoms with Gasteiger partial charge in [0.1, 0.15) is 5.82 Å². The van der Waals surface area contributed by atoms with Crippen LogP contribution in [0.1, 0.15) is 46.4 Å². The third kappa shape index (κ3) is 9.01. The Morgan fingerprint density at radius 2 is 1.64 bits per heavy atom. The first kappa shape index (κ1) is 27.8. The second-order valence-corrected chi connectivity index (χ2v) is 6.61. The average molecular weight is 420 g/mol. The third-order valence-corrected chi connectivity index (χ3v) is 3.96. The Balaban J connectivity index is 0. The summed E-state index contributed by atoms with van der Waals surface area (Å²) < 4.78 is 53.5. The molecule has 158 valence electrons. The van der Waals surface area contributed by atoms with Gasteiger partial charge in [-0.05, 0) is 38.1 Å². The summed E-state index contributed by atoms with van der Waals surface area (Å²) in [5.74, 6) is -0.122. The van der Waals surface area contributed by atoms with Crippen LogP contribution in [0.4, 0.5) is 13.5 Å². The predicted molar refractivity (Wildman–Crippen MR) is 108 cm³/mol. The summed E-state index contributed by atoms with van der Waals surface area (Å²) in [5.41, 5.74) is 0.616. The van der Waals surface area contributed by atoms with E-state index >= 15 is 0 Å². The summed E-state index contributed by atoms with van der Waals surface area (Å²) in [6.45, 7) is 13.0. The standard InChI is InChI=1S/C14H16FN3O2S.C3H6.C2H6.F2/c1-3-4-10(2)14-17-13(15)9-18(14)11-5-7-12(8-6-11)21(16,19)20;1-3-2;2*1-2/h3-10H,1-2H3,(H2,16,19,20);3H,1H2,2H3;1-2H3;/b4-3+;;;. The van der Waals surface area contributed by atoms with Crippen LogP contribution in [-0.4, -0.2) is 18.0 Å². The molecule has 1 aromatic heterocycles. The summed E-state index contributed by atoms with van der Waals surface area (Å²) in [6, 6.07) is 5.89. The molecule has 1 atom stereocenters. The molecule has 0 aliphatic rings. The fourth-order valence-electron chi connectivity index (χ4n) is 2.06. The van der Waals surface area contributed by atoms with Gasteiger partial charge < -0.3 is 4.57 Å².